The summed E-state index contributed by atoms with van der Waals surface area (Å²) in [6.45, 7) is 11.9. The normalized spacial score (nSPS) is 33.3. The number of carbonyl (C=O) groups excluding carboxylic acids is 2. The number of aromatic nitrogens is 10. The van der Waals surface area contributed by atoms with Crippen molar-refractivity contribution in [3.05, 3.63) is 196 Å². The van der Waals surface area contributed by atoms with Crippen LogP contribution in [0, 0.1) is 103 Å². The Kier molecular flexibility index (Phi) is 29.4. The third-order valence-electron chi connectivity index (χ3n) is 32.8. The van der Waals surface area contributed by atoms with Crippen molar-refractivity contribution >= 4 is 113 Å². The number of hydrogen-bond acceptors (Lipinski definition) is 24. The summed E-state index contributed by atoms with van der Waals surface area (Å²) in [6, 6.07) is 26.4. The number of aliphatic carboxylic acids is 1. The van der Waals surface area contributed by atoms with Crippen molar-refractivity contribution in [1.29, 1.82) is 0 Å². The van der Waals surface area contributed by atoms with Crippen molar-refractivity contribution in [2.45, 2.75) is 200 Å². The van der Waals surface area contributed by atoms with E-state index in [-0.39, 0.29) is 130 Å². The summed E-state index contributed by atoms with van der Waals surface area (Å²) >= 11 is 6.17. The SMILES string of the molecule is C.CC12Cc3cnn(-c4ccc(F)cc4)c3C=C1CCC1C2[C@@H](O)CC2(C)C1CC[C@]2(O)C(=O)CO.CC12Cc3cnn(-c4ccc(F)cc4)c3C=C1CCC1C2[C@@H](O)CC2(C)C1CC[C@]2(O)C(=O)Nc1nc2cccnc2s1.CC12Cc3cnn(-c4ccc(F)cc4)c3C=C1CCC1C2[C@@H](O)CC2(C)C1CC[C@]2(O)C(=O)O.CF.Nc1nc2cccnc2s1.[2H]C(Cl)Cl.[Na+].[O-][I+3]([O-])([O-])[O-]. The molecule has 12 aliphatic rings. The number of rotatable bonds is 8. The molecular formula is C97H112Cl2F4IN12NaO15S2. The second-order valence-corrected chi connectivity index (χ2v) is 43.7. The first-order valence-electron chi connectivity index (χ1n) is 44.9. The van der Waals surface area contributed by atoms with E-state index in [1.54, 1.807) is 54.9 Å². The Hall–Kier alpha value is -7.41. The summed E-state index contributed by atoms with van der Waals surface area (Å²) in [5.74, 6) is -2.10. The van der Waals surface area contributed by atoms with E-state index in [2.05, 4.69) is 79.5 Å². The van der Waals surface area contributed by atoms with Crippen LogP contribution in [0.5, 0.6) is 0 Å². The van der Waals surface area contributed by atoms with Crippen LogP contribution in [0.2, 0.25) is 0 Å². The van der Waals surface area contributed by atoms with Crippen LogP contribution in [0.1, 0.15) is 180 Å². The molecule has 134 heavy (non-hydrogen) atoms. The molecule has 7 heterocycles. The molecule has 0 spiro atoms. The summed E-state index contributed by atoms with van der Waals surface area (Å²) in [6.07, 6.45) is 25.4. The number of allylic oxidation sites excluding steroid dienone is 3. The van der Waals surface area contributed by atoms with Crippen molar-refractivity contribution in [1.82, 2.24) is 49.3 Å². The molecule has 0 radical (unpaired) electrons. The minimum atomic E-state index is -5.94. The summed E-state index contributed by atoms with van der Waals surface area (Å²) in [5, 5.41) is 106. The number of benzene rings is 3. The largest absolute Gasteiger partial charge is 1.00 e. The standard InChI is InChI=1S/C33H34FN5O3S.C28H33FN2O4.C27H31FN2O4.C6H5N3S.CH2Cl2.CH3F.CH4.IO4.Na/c1-31-15-18-17-36-39(21-8-6-20(34)7-9-21)25(18)14-19(31)5-10-22-23-11-12-33(42,32(23,2)16-26(40)27(22)31)29(41)38-30-37-24-4-3-13-35-28(24)43-30;1-26-12-16-14-30-31(19-6-4-18(29)5-7-19)22(16)11-17(26)3-8-20-21-9-10-28(35,24(34)15-32)27(21,2)13-23(33)25(20)26;1-25-12-15-14-29-30(18-6-4-17(28)5-7-18)21(15)11-16(25)3-8-19-20-9-10-27(34,24(32)33)26(20,2)13-22(31)23(19)25;7-6-9-4-2-1-3-8-5(4)10-6;2-1-3;1-2;;2-1(3,4)5;/h3-4,6-9,13-14,17,22-23,26-27,40,42H,5,10-12,15-16H2,1-2H3,(H,37,38,41);4-7,11,14,20-21,23,25,32-33,35H,3,8-10,12-13,15H2,1-2H3;4-7,11,14,19-20,22-23,31,34H,3,8-10,12-13H2,1-2H3,(H,32,33);1-3H,(H2,7,9);1H2;1H3;1H4;;/q;;;;;;;-1;+1/t22?,23?,26-,27?,31?,32?,33-;20?,21?,23-,25?,26?,27?,28-;19?,20?,22-,23?,25?,26?,27-;;;;;;/m000....../s1/i;;;;1D;;;;. The van der Waals surface area contributed by atoms with Gasteiger partial charge in [0, 0.05) is 28.6 Å². The summed E-state index contributed by atoms with van der Waals surface area (Å²) in [5.41, 5.74) is 11.7. The Balaban J connectivity index is 0.000000146. The predicted octanol–water partition coefficient (Wildman–Crippen LogP) is 6.14. The van der Waals surface area contributed by atoms with Crippen molar-refractivity contribution in [2.24, 2.45) is 85.8 Å². The molecule has 0 aliphatic heterocycles. The number of aliphatic hydroxyl groups excluding tert-OH is 4. The number of fused-ring (bicyclic) bond motifs is 20. The number of nitrogens with zero attached hydrogens (tertiary/aromatic N) is 10. The van der Waals surface area contributed by atoms with E-state index in [4.69, 9.17) is 44.1 Å². The number of aliphatic hydroxyl groups is 7. The maximum atomic E-state index is 13.8. The van der Waals surface area contributed by atoms with E-state index in [9.17, 15) is 72.8 Å². The van der Waals surface area contributed by atoms with Gasteiger partial charge in [0.05, 0.1) is 84.9 Å². The molecular weight excluding hydrogens is 1930 g/mol. The third kappa shape index (κ3) is 17.7. The van der Waals surface area contributed by atoms with E-state index in [0.29, 0.717) is 61.5 Å². The van der Waals surface area contributed by atoms with E-state index in [0.717, 1.165) is 137 Å². The maximum absolute atomic E-state index is 13.8. The Morgan fingerprint density at radius 1 is 0.537 bits per heavy atom. The predicted molar refractivity (Wildman–Crippen MR) is 486 cm³/mol. The van der Waals surface area contributed by atoms with Gasteiger partial charge in [0.1, 0.15) is 76.0 Å². The van der Waals surface area contributed by atoms with Gasteiger partial charge in [-0.25, -0.2) is 51.9 Å². The van der Waals surface area contributed by atoms with Gasteiger partial charge in [-0.1, -0.05) is 88.4 Å². The van der Waals surface area contributed by atoms with E-state index < -0.39 is 101 Å². The zero-order valence-corrected chi connectivity index (χ0v) is 82.0. The molecule has 22 rings (SSSR count). The van der Waals surface area contributed by atoms with E-state index in [1.165, 1.54) is 75.8 Å². The number of carboxylic acid groups (broad SMARTS) is 1. The van der Waals surface area contributed by atoms with Crippen molar-refractivity contribution in [2.75, 3.05) is 30.2 Å². The molecule has 10 aromatic rings. The number of Topliss-reactive ketones (excluding diaryl/α,β-unsaturated/α-hetero) is 1. The van der Waals surface area contributed by atoms with Gasteiger partial charge in [0.15, 0.2) is 21.6 Å². The summed E-state index contributed by atoms with van der Waals surface area (Å²) in [7, 11) is 0.500. The van der Waals surface area contributed by atoms with Crippen molar-refractivity contribution in [3.63, 3.8) is 0 Å². The average molecular weight is 2050 g/mol. The fourth-order valence-electron chi connectivity index (χ4n) is 27.1. The molecule has 27 nitrogen and oxygen atoms in total. The number of hydrogen-bond donors (Lipinski definition) is 10. The number of amides is 1. The first-order chi connectivity index (χ1) is 62.9. The van der Waals surface area contributed by atoms with Crippen LogP contribution >= 0.6 is 45.9 Å². The van der Waals surface area contributed by atoms with Gasteiger partial charge in [0.2, 0.25) is 0 Å². The summed E-state index contributed by atoms with van der Waals surface area (Å²) in [4.78, 5) is 57.0. The number of carboxylic acids is 1. The van der Waals surface area contributed by atoms with Crippen LogP contribution in [-0.4, -0.2) is 162 Å². The number of thiazole rings is 2. The van der Waals surface area contributed by atoms with E-state index >= 15 is 0 Å². The Bertz CT molecular complexity index is 6080. The third-order valence-corrected chi connectivity index (χ3v) is 34.6. The molecule has 0 bridgehead atoms. The van der Waals surface area contributed by atoms with E-state index in [1.807, 2.05) is 71.6 Å². The topological polar surface area (TPSA) is 448 Å². The number of pyridine rings is 2. The molecule has 9 fully saturated rings. The number of alkyl halides is 3. The fraction of sp³-hybridized carbons (Fsp3) is 0.505. The van der Waals surface area contributed by atoms with Gasteiger partial charge in [-0.15, -0.1) is 23.2 Å². The molecule has 21 atom stereocenters. The van der Waals surface area contributed by atoms with Gasteiger partial charge in [-0.3, -0.25) is 33.0 Å². The minimum absolute atomic E-state index is 0. The van der Waals surface area contributed by atoms with Crippen LogP contribution in [-0.2, 0) is 33.6 Å². The molecule has 3 aromatic carbocycles. The van der Waals surface area contributed by atoms with Crippen LogP contribution in [0.4, 0.5) is 27.8 Å². The first kappa shape index (κ1) is 101. The Morgan fingerprint density at radius 3 is 1.19 bits per heavy atom. The quantitative estimate of drug-likeness (QED) is 0.0353. The van der Waals surface area contributed by atoms with Crippen molar-refractivity contribution < 1.29 is 138 Å². The van der Waals surface area contributed by atoms with Gasteiger partial charge in [0.25, 0.3) is 5.91 Å². The number of nitrogen functional groups attached to an aromatic ring is 1. The van der Waals surface area contributed by atoms with Gasteiger partial charge >= 0.3 is 35.5 Å². The molecule has 9 saturated carbocycles. The number of carbonyl (C=O) groups is 3. The average Bonchev–Trinajstić information content (AvgIpc) is 1.57. The molecule has 37 heteroatoms. The molecule has 11 N–H and O–H groups in total. The number of ketones is 1. The molecule has 712 valence electrons. The van der Waals surface area contributed by atoms with Crippen molar-refractivity contribution in [3.8, 4) is 17.1 Å². The second kappa shape index (κ2) is 39.0. The second-order valence-electron chi connectivity index (χ2n) is 38.9. The smallest absolute Gasteiger partial charge is 0.479 e. The van der Waals surface area contributed by atoms with Crippen LogP contribution in [0.3, 0.4) is 0 Å². The monoisotopic (exact) mass is 2050 g/mol. The Morgan fingerprint density at radius 2 is 0.858 bits per heavy atom. The first-order valence-corrected chi connectivity index (χ1v) is 50.3. The Labute approximate surface area is 821 Å². The minimum Gasteiger partial charge on any atom is -0.479 e. The molecule has 7 aromatic heterocycles. The van der Waals surface area contributed by atoms with Gasteiger partial charge < -0.3 is 46.6 Å². The number of nitrogens with two attached hydrogens (primary N) is 1. The molecule has 15 unspecified atom stereocenters. The zero-order valence-electron chi connectivity index (χ0n) is 75.7. The maximum Gasteiger partial charge on any atom is 1.00 e. The van der Waals surface area contributed by atoms with Crippen LogP contribution < -0.4 is 74.4 Å². The van der Waals surface area contributed by atoms with Gasteiger partial charge in [-0.2, -0.15) is 15.3 Å². The number of nitrogens with one attached hydrogen (secondary N) is 1. The molecule has 0 saturated heterocycles. The fourth-order valence-corrected chi connectivity index (χ4v) is 28.5. The summed E-state index contributed by atoms with van der Waals surface area (Å²) < 4.78 is 96.1. The van der Waals surface area contributed by atoms with Gasteiger partial charge in [-0.05, 0) is 317 Å². The number of halogens is 7. The van der Waals surface area contributed by atoms with Crippen LogP contribution in [0.25, 0.3) is 56.0 Å². The molecule has 1 amide bonds. The zero-order chi connectivity index (χ0) is 95.6. The number of anilines is 2. The van der Waals surface area contributed by atoms with Crippen LogP contribution in [0.15, 0.2) is 145 Å². The molecule has 12 aliphatic carbocycles.